The highest BCUT2D eigenvalue weighted by atomic mass is 16.2. The van der Waals surface area contributed by atoms with E-state index in [2.05, 4.69) is 21.2 Å². The lowest BCUT2D eigenvalue weighted by atomic mass is 9.86. The van der Waals surface area contributed by atoms with Crippen molar-refractivity contribution in [2.75, 3.05) is 32.7 Å². The Kier molecular flexibility index (Phi) is 3.70. The number of nitriles is 1. The molecule has 6 heteroatoms. The van der Waals surface area contributed by atoms with Crippen LogP contribution in [0.5, 0.6) is 0 Å². The van der Waals surface area contributed by atoms with Gasteiger partial charge in [0.25, 0.3) is 0 Å². The van der Waals surface area contributed by atoms with Gasteiger partial charge in [-0.3, -0.25) is 14.8 Å². The van der Waals surface area contributed by atoms with Gasteiger partial charge >= 0.3 is 0 Å². The molecular weight excluding hydrogens is 254 g/mol. The molecule has 0 saturated carbocycles. The third-order valence-corrected chi connectivity index (χ3v) is 4.32. The van der Waals surface area contributed by atoms with Crippen molar-refractivity contribution in [3.05, 3.63) is 17.5 Å². The van der Waals surface area contributed by atoms with Gasteiger partial charge in [-0.25, -0.2) is 0 Å². The standard InChI is InChI=1S/C14H19N5O/c15-4-5-18-6-8-19(9-7-18)14(20)11-2-1-3-13-12(11)10-16-17-13/h10-11H,1-3,5-9H2,(H,16,17). The Balaban J connectivity index is 1.65. The molecule has 1 aliphatic carbocycles. The summed E-state index contributed by atoms with van der Waals surface area (Å²) in [4.78, 5) is 16.7. The second kappa shape index (κ2) is 5.63. The van der Waals surface area contributed by atoms with Crippen LogP contribution in [0.4, 0.5) is 0 Å². The van der Waals surface area contributed by atoms with E-state index in [1.165, 1.54) is 0 Å². The van der Waals surface area contributed by atoms with E-state index in [-0.39, 0.29) is 11.8 Å². The number of nitrogens with one attached hydrogen (secondary N) is 1. The number of hydrogen-bond acceptors (Lipinski definition) is 4. The summed E-state index contributed by atoms with van der Waals surface area (Å²) in [6.07, 6.45) is 4.77. The summed E-state index contributed by atoms with van der Waals surface area (Å²) >= 11 is 0. The fraction of sp³-hybridized carbons (Fsp3) is 0.643. The van der Waals surface area contributed by atoms with Crippen molar-refractivity contribution in [2.24, 2.45) is 0 Å². The molecule has 1 saturated heterocycles. The number of piperazine rings is 1. The number of H-pyrrole nitrogens is 1. The zero-order chi connectivity index (χ0) is 13.9. The van der Waals surface area contributed by atoms with Crippen molar-refractivity contribution < 1.29 is 4.79 Å². The number of aryl methyl sites for hydroxylation is 1. The zero-order valence-corrected chi connectivity index (χ0v) is 11.5. The number of nitrogens with zero attached hydrogens (tertiary/aromatic N) is 4. The monoisotopic (exact) mass is 273 g/mol. The SMILES string of the molecule is N#CCN1CCN(C(=O)C2CCCc3[nH]ncc32)CC1. The summed E-state index contributed by atoms with van der Waals surface area (Å²) in [5.74, 6) is 0.198. The average Bonchev–Trinajstić information content (AvgIpc) is 2.96. The van der Waals surface area contributed by atoms with Gasteiger partial charge in [0.1, 0.15) is 0 Å². The molecule has 1 amide bonds. The van der Waals surface area contributed by atoms with E-state index in [1.54, 1.807) is 0 Å². The summed E-state index contributed by atoms with van der Waals surface area (Å²) in [6.45, 7) is 3.50. The van der Waals surface area contributed by atoms with Crippen LogP contribution in [0.15, 0.2) is 6.20 Å². The summed E-state index contributed by atoms with van der Waals surface area (Å²) < 4.78 is 0. The van der Waals surface area contributed by atoms with E-state index in [4.69, 9.17) is 5.26 Å². The maximum atomic E-state index is 12.7. The molecule has 1 N–H and O–H groups in total. The molecule has 0 spiro atoms. The lowest BCUT2D eigenvalue weighted by Gasteiger charge is -2.36. The van der Waals surface area contributed by atoms with Crippen LogP contribution in [0.25, 0.3) is 0 Å². The van der Waals surface area contributed by atoms with Crippen molar-refractivity contribution in [1.29, 1.82) is 5.26 Å². The van der Waals surface area contributed by atoms with Crippen molar-refractivity contribution >= 4 is 5.91 Å². The summed E-state index contributed by atoms with van der Waals surface area (Å²) in [6, 6.07) is 2.16. The van der Waals surface area contributed by atoms with Gasteiger partial charge in [-0.2, -0.15) is 10.4 Å². The molecule has 2 aliphatic rings. The van der Waals surface area contributed by atoms with Gasteiger partial charge in [0.15, 0.2) is 0 Å². The zero-order valence-electron chi connectivity index (χ0n) is 11.5. The molecule has 2 heterocycles. The molecule has 20 heavy (non-hydrogen) atoms. The lowest BCUT2D eigenvalue weighted by Crippen LogP contribution is -2.50. The van der Waals surface area contributed by atoms with Gasteiger partial charge in [-0.1, -0.05) is 0 Å². The highest BCUT2D eigenvalue weighted by molar-refractivity contribution is 5.84. The van der Waals surface area contributed by atoms with E-state index in [0.717, 1.165) is 56.7 Å². The Morgan fingerprint density at radius 2 is 2.25 bits per heavy atom. The second-order valence-corrected chi connectivity index (χ2v) is 5.51. The number of hydrogen-bond donors (Lipinski definition) is 1. The number of aromatic nitrogens is 2. The van der Waals surface area contributed by atoms with E-state index in [0.29, 0.717) is 6.54 Å². The molecular formula is C14H19N5O. The van der Waals surface area contributed by atoms with Gasteiger partial charge in [0, 0.05) is 37.4 Å². The van der Waals surface area contributed by atoms with Crippen LogP contribution < -0.4 is 0 Å². The first-order valence-electron chi connectivity index (χ1n) is 7.20. The average molecular weight is 273 g/mol. The van der Waals surface area contributed by atoms with Crippen LogP contribution in [0.1, 0.15) is 30.0 Å². The first-order valence-corrected chi connectivity index (χ1v) is 7.20. The fourth-order valence-corrected chi connectivity index (χ4v) is 3.16. The minimum Gasteiger partial charge on any atom is -0.340 e. The van der Waals surface area contributed by atoms with Crippen LogP contribution in [-0.4, -0.2) is 58.6 Å². The molecule has 0 aromatic carbocycles. The molecule has 0 radical (unpaired) electrons. The van der Waals surface area contributed by atoms with Crippen LogP contribution >= 0.6 is 0 Å². The molecule has 6 nitrogen and oxygen atoms in total. The molecule has 1 aliphatic heterocycles. The number of carbonyl (C=O) groups is 1. The van der Waals surface area contributed by atoms with E-state index in [1.807, 2.05) is 11.1 Å². The molecule has 1 unspecified atom stereocenters. The molecule has 3 rings (SSSR count). The first kappa shape index (κ1) is 13.1. The normalized spacial score (nSPS) is 23.1. The van der Waals surface area contributed by atoms with Crippen molar-refractivity contribution in [3.63, 3.8) is 0 Å². The highest BCUT2D eigenvalue weighted by Crippen LogP contribution is 2.31. The minimum atomic E-state index is -0.0278. The van der Waals surface area contributed by atoms with Crippen molar-refractivity contribution in [1.82, 2.24) is 20.0 Å². The largest absolute Gasteiger partial charge is 0.340 e. The van der Waals surface area contributed by atoms with Crippen LogP contribution in [-0.2, 0) is 11.2 Å². The summed E-state index contributed by atoms with van der Waals surface area (Å²) in [5.41, 5.74) is 2.21. The van der Waals surface area contributed by atoms with Gasteiger partial charge in [0.2, 0.25) is 5.91 Å². The van der Waals surface area contributed by atoms with Crippen LogP contribution in [0.2, 0.25) is 0 Å². The minimum absolute atomic E-state index is 0.0278. The fourth-order valence-electron chi connectivity index (χ4n) is 3.16. The van der Waals surface area contributed by atoms with Gasteiger partial charge in [0.05, 0.1) is 24.7 Å². The molecule has 1 fully saturated rings. The van der Waals surface area contributed by atoms with Crippen LogP contribution in [0.3, 0.4) is 0 Å². The Labute approximate surface area is 118 Å². The van der Waals surface area contributed by atoms with Crippen molar-refractivity contribution in [2.45, 2.75) is 25.2 Å². The Bertz CT molecular complexity index is 524. The maximum absolute atomic E-state index is 12.7. The number of rotatable bonds is 2. The quantitative estimate of drug-likeness (QED) is 0.796. The number of fused-ring (bicyclic) bond motifs is 1. The number of amides is 1. The van der Waals surface area contributed by atoms with Gasteiger partial charge in [-0.05, 0) is 19.3 Å². The summed E-state index contributed by atoms with van der Waals surface area (Å²) in [5, 5.41) is 15.8. The molecule has 0 bridgehead atoms. The molecule has 1 aromatic rings. The highest BCUT2D eigenvalue weighted by Gasteiger charge is 2.32. The Morgan fingerprint density at radius 1 is 1.45 bits per heavy atom. The predicted octanol–water partition coefficient (Wildman–Crippen LogP) is 0.497. The van der Waals surface area contributed by atoms with E-state index in [9.17, 15) is 4.79 Å². The maximum Gasteiger partial charge on any atom is 0.230 e. The second-order valence-electron chi connectivity index (χ2n) is 5.51. The Morgan fingerprint density at radius 3 is 3.00 bits per heavy atom. The predicted molar refractivity (Wildman–Crippen MR) is 72.9 cm³/mol. The number of aromatic amines is 1. The first-order chi connectivity index (χ1) is 9.79. The van der Waals surface area contributed by atoms with Gasteiger partial charge in [-0.15, -0.1) is 0 Å². The smallest absolute Gasteiger partial charge is 0.230 e. The van der Waals surface area contributed by atoms with Crippen LogP contribution in [0, 0.1) is 11.3 Å². The molecule has 106 valence electrons. The lowest BCUT2D eigenvalue weighted by molar-refractivity contribution is -0.134. The van der Waals surface area contributed by atoms with Crippen molar-refractivity contribution in [3.8, 4) is 6.07 Å². The van der Waals surface area contributed by atoms with E-state index < -0.39 is 0 Å². The van der Waals surface area contributed by atoms with E-state index >= 15 is 0 Å². The third-order valence-electron chi connectivity index (χ3n) is 4.32. The summed E-state index contributed by atoms with van der Waals surface area (Å²) in [7, 11) is 0. The third kappa shape index (κ3) is 2.41. The van der Waals surface area contributed by atoms with Gasteiger partial charge < -0.3 is 4.90 Å². The number of carbonyl (C=O) groups excluding carboxylic acids is 1. The topological polar surface area (TPSA) is 76.0 Å². The molecule has 1 atom stereocenters. The molecule has 1 aromatic heterocycles. The Hall–Kier alpha value is -1.87.